The van der Waals surface area contributed by atoms with Gasteiger partial charge < -0.3 is 0 Å². The van der Waals surface area contributed by atoms with Crippen molar-refractivity contribution in [2.24, 2.45) is 5.92 Å². The van der Waals surface area contributed by atoms with Gasteiger partial charge >= 0.3 is 0 Å². The second-order valence-electron chi connectivity index (χ2n) is 3.91. The molecule has 3 heteroatoms. The van der Waals surface area contributed by atoms with Crippen LogP contribution < -0.4 is 0 Å². The first-order valence-corrected chi connectivity index (χ1v) is 4.73. The molecule has 1 heterocycles. The zero-order valence-corrected chi connectivity index (χ0v) is 7.69. The smallest absolute Gasteiger partial charge is 0.253 e. The molecule has 1 atom stereocenters. The predicted octanol–water partition coefficient (Wildman–Crippen LogP) is 1.10. The molecule has 0 aromatic heterocycles. The zero-order chi connectivity index (χ0) is 9.42. The van der Waals surface area contributed by atoms with Crippen molar-refractivity contribution in [1.82, 2.24) is 4.90 Å². The Morgan fingerprint density at radius 2 is 1.92 bits per heavy atom. The van der Waals surface area contributed by atoms with Crippen LogP contribution in [0.3, 0.4) is 0 Å². The van der Waals surface area contributed by atoms with Crippen LogP contribution in [0.15, 0.2) is 12.2 Å². The Morgan fingerprint density at radius 3 is 2.38 bits per heavy atom. The lowest BCUT2D eigenvalue weighted by molar-refractivity contribution is -0.139. The van der Waals surface area contributed by atoms with Crippen LogP contribution in [0.25, 0.3) is 0 Å². The molecule has 0 aromatic rings. The fourth-order valence-corrected chi connectivity index (χ4v) is 1.79. The van der Waals surface area contributed by atoms with Crippen LogP contribution >= 0.6 is 0 Å². The van der Waals surface area contributed by atoms with Gasteiger partial charge in [0, 0.05) is 18.2 Å². The Morgan fingerprint density at radius 1 is 1.38 bits per heavy atom. The molecule has 1 aliphatic carbocycles. The van der Waals surface area contributed by atoms with Gasteiger partial charge in [-0.25, -0.2) is 0 Å². The molecule has 2 amide bonds. The van der Waals surface area contributed by atoms with E-state index in [1.165, 1.54) is 29.9 Å². The van der Waals surface area contributed by atoms with Crippen LogP contribution in [0.1, 0.15) is 26.2 Å². The molecular formula is C10H13NO2. The molecule has 0 spiro atoms. The zero-order valence-electron chi connectivity index (χ0n) is 7.69. The van der Waals surface area contributed by atoms with E-state index in [1.54, 1.807) is 0 Å². The van der Waals surface area contributed by atoms with Crippen molar-refractivity contribution in [2.45, 2.75) is 32.2 Å². The molecule has 0 saturated heterocycles. The summed E-state index contributed by atoms with van der Waals surface area (Å²) in [7, 11) is 0. The van der Waals surface area contributed by atoms with E-state index in [0.29, 0.717) is 0 Å². The summed E-state index contributed by atoms with van der Waals surface area (Å²) < 4.78 is 0. The lowest BCUT2D eigenvalue weighted by Crippen LogP contribution is -2.38. The topological polar surface area (TPSA) is 37.4 Å². The third-order valence-electron chi connectivity index (χ3n) is 2.66. The number of carbonyl (C=O) groups is 2. The van der Waals surface area contributed by atoms with Crippen LogP contribution in [-0.4, -0.2) is 22.8 Å². The summed E-state index contributed by atoms with van der Waals surface area (Å²) in [5.41, 5.74) is 0. The maximum atomic E-state index is 11.2. The van der Waals surface area contributed by atoms with Gasteiger partial charge in [0.05, 0.1) is 0 Å². The summed E-state index contributed by atoms with van der Waals surface area (Å²) in [5.74, 6) is 0.438. The van der Waals surface area contributed by atoms with Crippen LogP contribution in [0.4, 0.5) is 0 Å². The maximum absolute atomic E-state index is 11.2. The standard InChI is InChI=1S/C10H13NO2/c1-7(6-8-2-3-8)11-9(12)4-5-10(11)13/h4-5,7-8H,2-3,6H2,1H3. The molecule has 1 saturated carbocycles. The average molecular weight is 179 g/mol. The molecule has 2 aliphatic rings. The minimum atomic E-state index is -0.154. The first kappa shape index (κ1) is 8.48. The fourth-order valence-electron chi connectivity index (χ4n) is 1.79. The van der Waals surface area contributed by atoms with Gasteiger partial charge in [0.25, 0.3) is 11.8 Å². The van der Waals surface area contributed by atoms with Crippen molar-refractivity contribution in [3.8, 4) is 0 Å². The third-order valence-corrected chi connectivity index (χ3v) is 2.66. The van der Waals surface area contributed by atoms with Crippen LogP contribution in [0.2, 0.25) is 0 Å². The van der Waals surface area contributed by atoms with Crippen molar-refractivity contribution in [1.29, 1.82) is 0 Å². The van der Waals surface area contributed by atoms with Gasteiger partial charge in [0.2, 0.25) is 0 Å². The van der Waals surface area contributed by atoms with E-state index in [4.69, 9.17) is 0 Å². The Hall–Kier alpha value is -1.12. The Bertz CT molecular complexity index is 261. The highest BCUT2D eigenvalue weighted by molar-refractivity contribution is 6.13. The number of imide groups is 1. The molecule has 0 N–H and O–H groups in total. The summed E-state index contributed by atoms with van der Waals surface area (Å²) in [6, 6.07) is 0.0718. The predicted molar refractivity (Wildman–Crippen MR) is 47.8 cm³/mol. The molecule has 1 unspecified atom stereocenters. The van der Waals surface area contributed by atoms with Crippen LogP contribution in [-0.2, 0) is 9.59 Å². The van der Waals surface area contributed by atoms with E-state index in [2.05, 4.69) is 0 Å². The second kappa shape index (κ2) is 2.98. The highest BCUT2D eigenvalue weighted by atomic mass is 16.2. The number of carbonyl (C=O) groups excluding carboxylic acids is 2. The van der Waals surface area contributed by atoms with E-state index >= 15 is 0 Å². The maximum Gasteiger partial charge on any atom is 0.253 e. The molecule has 2 rings (SSSR count). The fraction of sp³-hybridized carbons (Fsp3) is 0.600. The van der Waals surface area contributed by atoms with E-state index in [1.807, 2.05) is 6.92 Å². The van der Waals surface area contributed by atoms with Crippen molar-refractivity contribution < 1.29 is 9.59 Å². The van der Waals surface area contributed by atoms with Crippen LogP contribution in [0.5, 0.6) is 0 Å². The van der Waals surface area contributed by atoms with Gasteiger partial charge in [-0.2, -0.15) is 0 Å². The third kappa shape index (κ3) is 1.64. The van der Waals surface area contributed by atoms with Gasteiger partial charge in [0.15, 0.2) is 0 Å². The van der Waals surface area contributed by atoms with E-state index < -0.39 is 0 Å². The molecule has 13 heavy (non-hydrogen) atoms. The van der Waals surface area contributed by atoms with E-state index in [9.17, 15) is 9.59 Å². The van der Waals surface area contributed by atoms with Crippen molar-refractivity contribution in [2.75, 3.05) is 0 Å². The summed E-state index contributed by atoms with van der Waals surface area (Å²) in [4.78, 5) is 23.9. The highest BCUT2D eigenvalue weighted by Gasteiger charge is 2.32. The number of hydrogen-bond donors (Lipinski definition) is 0. The highest BCUT2D eigenvalue weighted by Crippen LogP contribution is 2.34. The number of hydrogen-bond acceptors (Lipinski definition) is 2. The average Bonchev–Trinajstić information content (AvgIpc) is 2.79. The van der Waals surface area contributed by atoms with Gasteiger partial charge in [-0.3, -0.25) is 14.5 Å². The van der Waals surface area contributed by atoms with Gasteiger partial charge in [-0.15, -0.1) is 0 Å². The van der Waals surface area contributed by atoms with Crippen LogP contribution in [0, 0.1) is 5.92 Å². The molecule has 0 radical (unpaired) electrons. The summed E-state index contributed by atoms with van der Waals surface area (Å²) in [6.07, 6.45) is 6.19. The minimum absolute atomic E-state index is 0.0718. The SMILES string of the molecule is CC(CC1CC1)N1C(=O)C=CC1=O. The van der Waals surface area contributed by atoms with Gasteiger partial charge in [0.1, 0.15) is 0 Å². The molecule has 1 aliphatic heterocycles. The normalized spacial score (nSPS) is 24.2. The first-order valence-electron chi connectivity index (χ1n) is 4.73. The monoisotopic (exact) mass is 179 g/mol. The Labute approximate surface area is 77.4 Å². The number of nitrogens with zero attached hydrogens (tertiary/aromatic N) is 1. The van der Waals surface area contributed by atoms with Crippen molar-refractivity contribution >= 4 is 11.8 Å². The quantitative estimate of drug-likeness (QED) is 0.608. The molecule has 3 nitrogen and oxygen atoms in total. The Kier molecular flexibility index (Phi) is 1.94. The van der Waals surface area contributed by atoms with E-state index in [-0.39, 0.29) is 17.9 Å². The van der Waals surface area contributed by atoms with Crippen molar-refractivity contribution in [3.63, 3.8) is 0 Å². The second-order valence-corrected chi connectivity index (χ2v) is 3.91. The number of amides is 2. The first-order chi connectivity index (χ1) is 6.18. The summed E-state index contributed by atoms with van der Waals surface area (Å²) in [6.45, 7) is 1.95. The minimum Gasteiger partial charge on any atom is -0.273 e. The largest absolute Gasteiger partial charge is 0.273 e. The van der Waals surface area contributed by atoms with Gasteiger partial charge in [-0.1, -0.05) is 12.8 Å². The van der Waals surface area contributed by atoms with E-state index in [0.717, 1.165) is 12.3 Å². The number of rotatable bonds is 3. The van der Waals surface area contributed by atoms with Crippen molar-refractivity contribution in [3.05, 3.63) is 12.2 Å². The Balaban J connectivity index is 1.98. The lowest BCUT2D eigenvalue weighted by Gasteiger charge is -2.21. The molecule has 1 fully saturated rings. The lowest BCUT2D eigenvalue weighted by atomic mass is 10.1. The summed E-state index contributed by atoms with van der Waals surface area (Å²) in [5, 5.41) is 0. The summed E-state index contributed by atoms with van der Waals surface area (Å²) >= 11 is 0. The molecule has 70 valence electrons. The van der Waals surface area contributed by atoms with Gasteiger partial charge in [-0.05, 0) is 19.3 Å². The molecule has 0 aromatic carbocycles. The molecular weight excluding hydrogens is 166 g/mol. The molecule has 0 bridgehead atoms.